The highest BCUT2D eigenvalue weighted by atomic mass is 16.3. The Labute approximate surface area is 84.7 Å². The highest BCUT2D eigenvalue weighted by molar-refractivity contribution is 5.48. The fourth-order valence-corrected chi connectivity index (χ4v) is 1.31. The summed E-state index contributed by atoms with van der Waals surface area (Å²) in [7, 11) is 0. The molecule has 0 spiro atoms. The summed E-state index contributed by atoms with van der Waals surface area (Å²) in [6, 6.07) is 7.25. The van der Waals surface area contributed by atoms with E-state index >= 15 is 0 Å². The van der Waals surface area contributed by atoms with Crippen LogP contribution in [0.3, 0.4) is 0 Å². The van der Waals surface area contributed by atoms with Crippen LogP contribution in [0.25, 0.3) is 0 Å². The van der Waals surface area contributed by atoms with Crippen molar-refractivity contribution in [3.8, 4) is 0 Å². The van der Waals surface area contributed by atoms with Gasteiger partial charge in [-0.1, -0.05) is 32.0 Å². The van der Waals surface area contributed by atoms with Crippen molar-refractivity contribution in [1.29, 1.82) is 0 Å². The summed E-state index contributed by atoms with van der Waals surface area (Å²) in [6.07, 6.45) is 0. The Kier molecular flexibility index (Phi) is 3.13. The van der Waals surface area contributed by atoms with Crippen LogP contribution >= 0.6 is 0 Å². The van der Waals surface area contributed by atoms with Crippen molar-refractivity contribution in [2.45, 2.75) is 19.9 Å². The maximum Gasteiger partial charge on any atom is 0.0500 e. The first-order chi connectivity index (χ1) is 6.49. The minimum Gasteiger partial charge on any atom is -0.398 e. The third-order valence-corrected chi connectivity index (χ3v) is 2.58. The van der Waals surface area contributed by atoms with Crippen LogP contribution in [0, 0.1) is 5.41 Å². The van der Waals surface area contributed by atoms with Crippen molar-refractivity contribution in [2.24, 2.45) is 11.1 Å². The molecule has 1 atom stereocenters. The van der Waals surface area contributed by atoms with Crippen LogP contribution in [0.1, 0.15) is 25.5 Å². The zero-order valence-electron chi connectivity index (χ0n) is 8.70. The average Bonchev–Trinajstić information content (AvgIpc) is 2.17. The van der Waals surface area contributed by atoms with Gasteiger partial charge in [-0.3, -0.25) is 0 Å². The molecular weight excluding hydrogens is 176 g/mol. The standard InChI is InChI=1S/C11H18N2O/c1-11(2,7-14)10(13)8-5-3-4-6-9(8)12/h3-6,10,14H,7,12-13H2,1-2H3. The number of hydrogen-bond acceptors (Lipinski definition) is 3. The van der Waals surface area contributed by atoms with Gasteiger partial charge in [0, 0.05) is 23.8 Å². The first kappa shape index (κ1) is 11.0. The van der Waals surface area contributed by atoms with Gasteiger partial charge in [-0.2, -0.15) is 0 Å². The number of nitrogens with two attached hydrogens (primary N) is 2. The monoisotopic (exact) mass is 194 g/mol. The van der Waals surface area contributed by atoms with Gasteiger partial charge in [-0.15, -0.1) is 0 Å². The zero-order valence-corrected chi connectivity index (χ0v) is 8.70. The van der Waals surface area contributed by atoms with Crippen molar-refractivity contribution in [3.05, 3.63) is 29.8 Å². The van der Waals surface area contributed by atoms with Crippen molar-refractivity contribution in [1.82, 2.24) is 0 Å². The van der Waals surface area contributed by atoms with Gasteiger partial charge in [-0.25, -0.2) is 0 Å². The molecule has 3 heteroatoms. The van der Waals surface area contributed by atoms with Crippen molar-refractivity contribution in [3.63, 3.8) is 0 Å². The summed E-state index contributed by atoms with van der Waals surface area (Å²) in [4.78, 5) is 0. The highest BCUT2D eigenvalue weighted by Gasteiger charge is 2.27. The lowest BCUT2D eigenvalue weighted by atomic mass is 9.81. The summed E-state index contributed by atoms with van der Waals surface area (Å²) in [5.74, 6) is 0. The van der Waals surface area contributed by atoms with Crippen molar-refractivity contribution >= 4 is 5.69 Å². The van der Waals surface area contributed by atoms with E-state index in [1.54, 1.807) is 0 Å². The molecule has 0 fully saturated rings. The van der Waals surface area contributed by atoms with Crippen LogP contribution in [0.2, 0.25) is 0 Å². The Bertz CT molecular complexity index is 310. The predicted molar refractivity (Wildman–Crippen MR) is 58.6 cm³/mol. The number of hydrogen-bond donors (Lipinski definition) is 3. The lowest BCUT2D eigenvalue weighted by Crippen LogP contribution is -2.32. The maximum absolute atomic E-state index is 9.20. The van der Waals surface area contributed by atoms with E-state index in [2.05, 4.69) is 0 Å². The fourth-order valence-electron chi connectivity index (χ4n) is 1.31. The normalized spacial score (nSPS) is 14.0. The Morgan fingerprint density at radius 1 is 1.36 bits per heavy atom. The lowest BCUT2D eigenvalue weighted by Gasteiger charge is -2.30. The summed E-state index contributed by atoms with van der Waals surface area (Å²) in [5, 5.41) is 9.20. The van der Waals surface area contributed by atoms with Gasteiger partial charge in [-0.05, 0) is 11.6 Å². The van der Waals surface area contributed by atoms with Gasteiger partial charge < -0.3 is 16.6 Å². The number of aliphatic hydroxyl groups excluding tert-OH is 1. The Hall–Kier alpha value is -1.06. The van der Waals surface area contributed by atoms with E-state index in [0.29, 0.717) is 5.69 Å². The van der Waals surface area contributed by atoms with E-state index in [-0.39, 0.29) is 18.1 Å². The average molecular weight is 194 g/mol. The molecule has 1 aromatic carbocycles. The molecule has 0 bridgehead atoms. The van der Waals surface area contributed by atoms with Gasteiger partial charge in [0.05, 0.1) is 0 Å². The zero-order chi connectivity index (χ0) is 10.8. The smallest absolute Gasteiger partial charge is 0.0500 e. The van der Waals surface area contributed by atoms with Crippen LogP contribution in [-0.4, -0.2) is 11.7 Å². The third kappa shape index (κ3) is 2.05. The Balaban J connectivity index is 3.00. The minimum atomic E-state index is -0.352. The van der Waals surface area contributed by atoms with E-state index < -0.39 is 0 Å². The van der Waals surface area contributed by atoms with Gasteiger partial charge in [0.1, 0.15) is 0 Å². The predicted octanol–water partition coefficient (Wildman–Crippen LogP) is 1.29. The molecule has 0 aromatic heterocycles. The van der Waals surface area contributed by atoms with Crippen LogP contribution in [-0.2, 0) is 0 Å². The number of aliphatic hydroxyl groups is 1. The molecule has 1 unspecified atom stereocenters. The van der Waals surface area contributed by atoms with Gasteiger partial charge in [0.15, 0.2) is 0 Å². The number of benzene rings is 1. The topological polar surface area (TPSA) is 72.3 Å². The summed E-state index contributed by atoms with van der Waals surface area (Å²) >= 11 is 0. The number of nitrogen functional groups attached to an aromatic ring is 1. The highest BCUT2D eigenvalue weighted by Crippen LogP contribution is 2.33. The van der Waals surface area contributed by atoms with Gasteiger partial charge in [0.2, 0.25) is 0 Å². The van der Waals surface area contributed by atoms with Crippen LogP contribution < -0.4 is 11.5 Å². The SMILES string of the molecule is CC(C)(CO)C(N)c1ccccc1N. The first-order valence-electron chi connectivity index (χ1n) is 4.70. The molecule has 0 saturated carbocycles. The van der Waals surface area contributed by atoms with E-state index in [0.717, 1.165) is 5.56 Å². The molecule has 0 amide bonds. The van der Waals surface area contributed by atoms with Crippen LogP contribution in [0.15, 0.2) is 24.3 Å². The fraction of sp³-hybridized carbons (Fsp3) is 0.455. The van der Waals surface area contributed by atoms with E-state index in [1.165, 1.54) is 0 Å². The second kappa shape index (κ2) is 3.98. The molecule has 1 aromatic rings. The van der Waals surface area contributed by atoms with E-state index in [1.807, 2.05) is 38.1 Å². The summed E-state index contributed by atoms with van der Waals surface area (Å²) < 4.78 is 0. The molecule has 0 aliphatic carbocycles. The maximum atomic E-state index is 9.20. The molecule has 5 N–H and O–H groups in total. The molecule has 0 radical (unpaired) electrons. The second-order valence-electron chi connectivity index (χ2n) is 4.25. The molecule has 1 rings (SSSR count). The molecule has 14 heavy (non-hydrogen) atoms. The van der Waals surface area contributed by atoms with Crippen molar-refractivity contribution in [2.75, 3.05) is 12.3 Å². The first-order valence-corrected chi connectivity index (χ1v) is 4.70. The molecule has 78 valence electrons. The lowest BCUT2D eigenvalue weighted by molar-refractivity contribution is 0.132. The Morgan fingerprint density at radius 3 is 2.43 bits per heavy atom. The van der Waals surface area contributed by atoms with E-state index in [9.17, 15) is 5.11 Å². The quantitative estimate of drug-likeness (QED) is 0.635. The van der Waals surface area contributed by atoms with Crippen LogP contribution in [0.4, 0.5) is 5.69 Å². The summed E-state index contributed by atoms with van der Waals surface area (Å²) in [5.41, 5.74) is 13.1. The van der Waals surface area contributed by atoms with Crippen LogP contribution in [0.5, 0.6) is 0 Å². The number of rotatable bonds is 3. The molecule has 0 heterocycles. The Morgan fingerprint density at radius 2 is 1.93 bits per heavy atom. The largest absolute Gasteiger partial charge is 0.398 e. The van der Waals surface area contributed by atoms with Crippen molar-refractivity contribution < 1.29 is 5.11 Å². The molecule has 0 aliphatic heterocycles. The van der Waals surface area contributed by atoms with Gasteiger partial charge in [0.25, 0.3) is 0 Å². The van der Waals surface area contributed by atoms with E-state index in [4.69, 9.17) is 11.5 Å². The van der Waals surface area contributed by atoms with Gasteiger partial charge >= 0.3 is 0 Å². The minimum absolute atomic E-state index is 0.0441. The summed E-state index contributed by atoms with van der Waals surface area (Å²) in [6.45, 7) is 3.89. The third-order valence-electron chi connectivity index (χ3n) is 2.58. The molecule has 0 saturated heterocycles. The molecule has 0 aliphatic rings. The molecule has 3 nitrogen and oxygen atoms in total. The molecular formula is C11H18N2O. The number of para-hydroxylation sites is 1. The number of anilines is 1. The second-order valence-corrected chi connectivity index (χ2v) is 4.25.